The first kappa shape index (κ1) is 27.4. The Morgan fingerprint density at radius 3 is 2.40 bits per heavy atom. The van der Waals surface area contributed by atoms with Gasteiger partial charge >= 0.3 is 0 Å². The molecule has 3 amide bonds. The fourth-order valence-corrected chi connectivity index (χ4v) is 6.20. The molecule has 0 N–H and O–H groups in total. The van der Waals surface area contributed by atoms with Crippen LogP contribution in [0.3, 0.4) is 0 Å². The van der Waals surface area contributed by atoms with Crippen LogP contribution in [0.1, 0.15) is 17.5 Å². The van der Waals surface area contributed by atoms with Gasteiger partial charge in [-0.1, -0.05) is 54.6 Å². The summed E-state index contributed by atoms with van der Waals surface area (Å²) < 4.78 is 6.82. The molecule has 4 aromatic carbocycles. The first-order chi connectivity index (χ1) is 20.5. The molecule has 0 saturated carbocycles. The lowest BCUT2D eigenvalue weighted by molar-refractivity contribution is -0.140. The van der Waals surface area contributed by atoms with Gasteiger partial charge in [-0.3, -0.25) is 14.4 Å². The van der Waals surface area contributed by atoms with Crippen molar-refractivity contribution in [3.05, 3.63) is 114 Å². The number of carbonyl (C=O) groups is 3. The van der Waals surface area contributed by atoms with Gasteiger partial charge in [-0.15, -0.1) is 11.3 Å². The van der Waals surface area contributed by atoms with E-state index in [-0.39, 0.29) is 31.4 Å². The molecule has 2 heterocycles. The number of hydrogen-bond acceptors (Lipinski definition) is 6. The number of thiazole rings is 1. The Morgan fingerprint density at radius 2 is 1.67 bits per heavy atom. The molecule has 210 valence electrons. The molecule has 1 aliphatic heterocycles. The van der Waals surface area contributed by atoms with E-state index in [0.717, 1.165) is 26.4 Å². The maximum atomic E-state index is 13.7. The predicted octanol–water partition coefficient (Wildman–Crippen LogP) is 6.05. The zero-order valence-electron chi connectivity index (χ0n) is 23.1. The molecule has 5 aromatic rings. The highest BCUT2D eigenvalue weighted by atomic mass is 32.1. The van der Waals surface area contributed by atoms with Gasteiger partial charge in [0.15, 0.2) is 6.61 Å². The molecule has 1 atom stereocenters. The van der Waals surface area contributed by atoms with Crippen LogP contribution in [0.15, 0.2) is 103 Å². The third kappa shape index (κ3) is 5.80. The zero-order valence-corrected chi connectivity index (χ0v) is 23.9. The number of carbonyl (C=O) groups excluding carboxylic acids is 3. The number of rotatable bonds is 9. The Morgan fingerprint density at radius 1 is 0.952 bits per heavy atom. The summed E-state index contributed by atoms with van der Waals surface area (Å²) in [6.07, 6.45) is 0.468. The predicted molar refractivity (Wildman–Crippen MR) is 164 cm³/mol. The number of anilines is 1. The van der Waals surface area contributed by atoms with Crippen molar-refractivity contribution in [3.8, 4) is 16.3 Å². The van der Waals surface area contributed by atoms with Crippen LogP contribution in [0.5, 0.6) is 5.75 Å². The first-order valence-electron chi connectivity index (χ1n) is 13.8. The van der Waals surface area contributed by atoms with Gasteiger partial charge in [0, 0.05) is 12.1 Å². The molecular weight excluding hydrogens is 546 g/mol. The molecule has 1 aromatic heterocycles. The molecule has 8 heteroatoms. The van der Waals surface area contributed by atoms with Crippen molar-refractivity contribution in [1.29, 1.82) is 0 Å². The lowest BCUT2D eigenvalue weighted by Gasteiger charge is -2.28. The number of para-hydroxylation sites is 1. The van der Waals surface area contributed by atoms with Crippen LogP contribution in [0.25, 0.3) is 20.8 Å². The fraction of sp³-hybridized carbons (Fsp3) is 0.176. The first-order valence-corrected chi connectivity index (χ1v) is 14.6. The van der Waals surface area contributed by atoms with Crippen LogP contribution in [0, 0.1) is 6.92 Å². The van der Waals surface area contributed by atoms with E-state index in [2.05, 4.69) is 13.0 Å². The third-order valence-corrected chi connectivity index (χ3v) is 8.39. The van der Waals surface area contributed by atoms with Gasteiger partial charge in [0.25, 0.3) is 11.8 Å². The summed E-state index contributed by atoms with van der Waals surface area (Å²) in [4.78, 5) is 47.8. The molecule has 1 saturated heterocycles. The number of amides is 3. The number of nitrogens with zero attached hydrogens (tertiary/aromatic N) is 3. The van der Waals surface area contributed by atoms with E-state index in [1.165, 1.54) is 15.4 Å². The van der Waals surface area contributed by atoms with E-state index >= 15 is 0 Å². The smallest absolute Gasteiger partial charge is 0.261 e. The van der Waals surface area contributed by atoms with Gasteiger partial charge in [-0.25, -0.2) is 9.88 Å². The Balaban J connectivity index is 1.21. The van der Waals surface area contributed by atoms with E-state index in [4.69, 9.17) is 9.72 Å². The highest BCUT2D eigenvalue weighted by molar-refractivity contribution is 7.21. The van der Waals surface area contributed by atoms with E-state index in [1.54, 1.807) is 35.6 Å². The van der Waals surface area contributed by atoms with Crippen molar-refractivity contribution in [2.24, 2.45) is 0 Å². The topological polar surface area (TPSA) is 79.8 Å². The maximum absolute atomic E-state index is 13.7. The number of fused-ring (bicyclic) bond motifs is 1. The summed E-state index contributed by atoms with van der Waals surface area (Å²) >= 11 is 1.60. The monoisotopic (exact) mass is 575 g/mol. The summed E-state index contributed by atoms with van der Waals surface area (Å²) in [5.74, 6) is -0.532. The van der Waals surface area contributed by atoms with Crippen LogP contribution in [-0.4, -0.2) is 46.8 Å². The second-order valence-electron chi connectivity index (χ2n) is 10.2. The van der Waals surface area contributed by atoms with Crippen molar-refractivity contribution in [1.82, 2.24) is 9.88 Å². The van der Waals surface area contributed by atoms with Crippen molar-refractivity contribution >= 4 is 45.0 Å². The molecular formula is C34H29N3O4S. The second kappa shape index (κ2) is 12.0. The van der Waals surface area contributed by atoms with Gasteiger partial charge in [0.05, 0.1) is 22.3 Å². The minimum Gasteiger partial charge on any atom is -0.484 e. The number of ether oxygens (including phenoxy) is 1. The molecule has 42 heavy (non-hydrogen) atoms. The van der Waals surface area contributed by atoms with Crippen LogP contribution < -0.4 is 9.64 Å². The molecule has 0 aliphatic carbocycles. The van der Waals surface area contributed by atoms with Crippen molar-refractivity contribution in [3.63, 3.8) is 0 Å². The molecule has 7 nitrogen and oxygen atoms in total. The van der Waals surface area contributed by atoms with Crippen LogP contribution in [-0.2, 0) is 20.8 Å². The SMILES string of the molecule is Cc1ccc2nc(-c3ccc(N4C(=O)CC(N(CCc5ccccc5)C(=O)COc5ccccc5)C4=O)cc3)sc2c1. The van der Waals surface area contributed by atoms with Gasteiger partial charge in [-0.2, -0.15) is 0 Å². The molecule has 0 bridgehead atoms. The van der Waals surface area contributed by atoms with Crippen molar-refractivity contribution < 1.29 is 19.1 Å². The standard InChI is InChI=1S/C34H29N3O4S/c1-23-12-17-28-30(20-23)42-33(35-28)25-13-15-26(16-14-25)37-31(38)21-29(34(37)40)36(19-18-24-8-4-2-5-9-24)32(39)22-41-27-10-6-3-7-11-27/h2-17,20,29H,18-19,21-22H2,1H3. The molecule has 6 rings (SSSR count). The van der Waals surface area contributed by atoms with Crippen molar-refractivity contribution in [2.45, 2.75) is 25.8 Å². The Labute approximate surface area is 248 Å². The Bertz CT molecular complexity index is 1740. The summed E-state index contributed by atoms with van der Waals surface area (Å²) in [6, 6.07) is 31.4. The highest BCUT2D eigenvalue weighted by Gasteiger charge is 2.44. The fourth-order valence-electron chi connectivity index (χ4n) is 5.13. The van der Waals surface area contributed by atoms with Gasteiger partial charge in [-0.05, 0) is 73.0 Å². The second-order valence-corrected chi connectivity index (χ2v) is 11.3. The van der Waals surface area contributed by atoms with Gasteiger partial charge in [0.2, 0.25) is 5.91 Å². The number of aryl methyl sites for hydroxylation is 1. The Kier molecular flexibility index (Phi) is 7.79. The summed E-state index contributed by atoms with van der Waals surface area (Å²) in [6.45, 7) is 2.11. The molecule has 1 aliphatic rings. The quantitative estimate of drug-likeness (QED) is 0.200. The third-order valence-electron chi connectivity index (χ3n) is 7.33. The average molecular weight is 576 g/mol. The van der Waals surface area contributed by atoms with E-state index in [0.29, 0.717) is 17.9 Å². The Hall–Kier alpha value is -4.82. The van der Waals surface area contributed by atoms with E-state index in [1.807, 2.05) is 72.8 Å². The van der Waals surface area contributed by atoms with E-state index in [9.17, 15) is 14.4 Å². The number of hydrogen-bond donors (Lipinski definition) is 0. The molecule has 1 fully saturated rings. The van der Waals surface area contributed by atoms with Crippen LogP contribution >= 0.6 is 11.3 Å². The summed E-state index contributed by atoms with van der Waals surface area (Å²) in [7, 11) is 0. The molecule has 0 spiro atoms. The van der Waals surface area contributed by atoms with Crippen LogP contribution in [0.2, 0.25) is 0 Å². The van der Waals surface area contributed by atoms with Gasteiger partial charge in [0.1, 0.15) is 16.8 Å². The largest absolute Gasteiger partial charge is 0.484 e. The van der Waals surface area contributed by atoms with Gasteiger partial charge < -0.3 is 9.64 Å². The minimum absolute atomic E-state index is 0.0797. The zero-order chi connectivity index (χ0) is 29.1. The lowest BCUT2D eigenvalue weighted by atomic mass is 10.1. The normalized spacial score (nSPS) is 14.9. The molecule has 1 unspecified atom stereocenters. The minimum atomic E-state index is -0.903. The number of benzene rings is 4. The number of imide groups is 1. The summed E-state index contributed by atoms with van der Waals surface area (Å²) in [5.41, 5.74) is 4.54. The maximum Gasteiger partial charge on any atom is 0.261 e. The molecule has 0 radical (unpaired) electrons. The summed E-state index contributed by atoms with van der Waals surface area (Å²) in [5, 5.41) is 0.871. The van der Waals surface area contributed by atoms with Crippen molar-refractivity contribution in [2.75, 3.05) is 18.1 Å². The van der Waals surface area contributed by atoms with E-state index < -0.39 is 11.9 Å². The van der Waals surface area contributed by atoms with Crippen LogP contribution in [0.4, 0.5) is 5.69 Å². The average Bonchev–Trinajstić information content (AvgIpc) is 3.57. The highest BCUT2D eigenvalue weighted by Crippen LogP contribution is 2.33. The lowest BCUT2D eigenvalue weighted by Crippen LogP contribution is -2.48. The number of aromatic nitrogens is 1.